The molecule has 0 aliphatic carbocycles. The van der Waals surface area contributed by atoms with Crippen molar-refractivity contribution in [3.05, 3.63) is 23.8 Å². The van der Waals surface area contributed by atoms with E-state index in [2.05, 4.69) is 31.3 Å². The van der Waals surface area contributed by atoms with Crippen molar-refractivity contribution < 1.29 is 4.74 Å². The topological polar surface area (TPSA) is 21.3 Å². The number of rotatable bonds is 1. The highest BCUT2D eigenvalue weighted by Gasteiger charge is 2.20. The van der Waals surface area contributed by atoms with E-state index in [4.69, 9.17) is 4.74 Å². The molecule has 2 unspecified atom stereocenters. The summed E-state index contributed by atoms with van der Waals surface area (Å²) in [6.45, 7) is 4.50. The van der Waals surface area contributed by atoms with Crippen molar-refractivity contribution in [3.8, 4) is 5.75 Å². The standard InChI is InChI=1S/C12H17NO/c1-8-6-9(2)13-12-5-4-10(14-3)7-11(8)12/h4-5,7-9,13H,6H2,1-3H3. The van der Waals surface area contributed by atoms with Gasteiger partial charge < -0.3 is 10.1 Å². The zero-order chi connectivity index (χ0) is 10.1. The number of fused-ring (bicyclic) bond motifs is 1. The van der Waals surface area contributed by atoms with Gasteiger partial charge in [0, 0.05) is 11.7 Å². The molecule has 0 saturated heterocycles. The summed E-state index contributed by atoms with van der Waals surface area (Å²) < 4.78 is 5.23. The Bertz CT molecular complexity index is 335. The third kappa shape index (κ3) is 1.57. The van der Waals surface area contributed by atoms with Gasteiger partial charge in [0.2, 0.25) is 0 Å². The average molecular weight is 191 g/mol. The fourth-order valence-corrected chi connectivity index (χ4v) is 2.19. The average Bonchev–Trinajstić information content (AvgIpc) is 2.17. The highest BCUT2D eigenvalue weighted by Crippen LogP contribution is 2.35. The molecule has 0 aromatic heterocycles. The van der Waals surface area contributed by atoms with E-state index in [1.165, 1.54) is 17.7 Å². The van der Waals surface area contributed by atoms with Gasteiger partial charge in [-0.05, 0) is 43.0 Å². The first-order valence-corrected chi connectivity index (χ1v) is 5.15. The number of hydrogen-bond donors (Lipinski definition) is 1. The molecule has 0 bridgehead atoms. The van der Waals surface area contributed by atoms with Crippen LogP contribution in [0.4, 0.5) is 5.69 Å². The maximum Gasteiger partial charge on any atom is 0.119 e. The highest BCUT2D eigenvalue weighted by atomic mass is 16.5. The quantitative estimate of drug-likeness (QED) is 0.736. The molecular weight excluding hydrogens is 174 g/mol. The molecule has 2 atom stereocenters. The first-order chi connectivity index (χ1) is 6.70. The van der Waals surface area contributed by atoms with E-state index >= 15 is 0 Å². The maximum atomic E-state index is 5.23. The van der Waals surface area contributed by atoms with Crippen LogP contribution < -0.4 is 10.1 Å². The van der Waals surface area contributed by atoms with E-state index < -0.39 is 0 Å². The summed E-state index contributed by atoms with van der Waals surface area (Å²) in [4.78, 5) is 0. The van der Waals surface area contributed by atoms with Crippen LogP contribution in [0.15, 0.2) is 18.2 Å². The minimum Gasteiger partial charge on any atom is -0.497 e. The monoisotopic (exact) mass is 191 g/mol. The van der Waals surface area contributed by atoms with Crippen molar-refractivity contribution in [3.63, 3.8) is 0 Å². The van der Waals surface area contributed by atoms with E-state index in [1.807, 2.05) is 6.07 Å². The van der Waals surface area contributed by atoms with Crippen LogP contribution in [0.1, 0.15) is 31.7 Å². The van der Waals surface area contributed by atoms with Crippen LogP contribution >= 0.6 is 0 Å². The van der Waals surface area contributed by atoms with E-state index in [9.17, 15) is 0 Å². The first kappa shape index (κ1) is 9.38. The zero-order valence-corrected chi connectivity index (χ0v) is 9.00. The summed E-state index contributed by atoms with van der Waals surface area (Å²) in [5.74, 6) is 1.57. The SMILES string of the molecule is COc1ccc2c(c1)C(C)CC(C)N2. The molecule has 0 fully saturated rings. The van der Waals surface area contributed by atoms with Gasteiger partial charge >= 0.3 is 0 Å². The van der Waals surface area contributed by atoms with Gasteiger partial charge in [-0.2, -0.15) is 0 Å². The van der Waals surface area contributed by atoms with Crippen LogP contribution in [0.2, 0.25) is 0 Å². The smallest absolute Gasteiger partial charge is 0.119 e. The third-order valence-corrected chi connectivity index (χ3v) is 2.90. The largest absolute Gasteiger partial charge is 0.497 e. The van der Waals surface area contributed by atoms with E-state index in [-0.39, 0.29) is 0 Å². The van der Waals surface area contributed by atoms with Crippen molar-refractivity contribution in [2.45, 2.75) is 32.2 Å². The maximum absolute atomic E-state index is 5.23. The fourth-order valence-electron chi connectivity index (χ4n) is 2.19. The fraction of sp³-hybridized carbons (Fsp3) is 0.500. The van der Waals surface area contributed by atoms with Crippen molar-refractivity contribution in [2.75, 3.05) is 12.4 Å². The van der Waals surface area contributed by atoms with Gasteiger partial charge in [-0.3, -0.25) is 0 Å². The van der Waals surface area contributed by atoms with E-state index in [0.29, 0.717) is 12.0 Å². The molecule has 2 nitrogen and oxygen atoms in total. The Morgan fingerprint density at radius 3 is 2.86 bits per heavy atom. The predicted octanol–water partition coefficient (Wildman–Crippen LogP) is 3.00. The van der Waals surface area contributed by atoms with Gasteiger partial charge in [-0.1, -0.05) is 6.92 Å². The van der Waals surface area contributed by atoms with Crippen molar-refractivity contribution in [1.29, 1.82) is 0 Å². The van der Waals surface area contributed by atoms with Crippen molar-refractivity contribution >= 4 is 5.69 Å². The summed E-state index contributed by atoms with van der Waals surface area (Å²) >= 11 is 0. The van der Waals surface area contributed by atoms with Crippen LogP contribution in [0.25, 0.3) is 0 Å². The van der Waals surface area contributed by atoms with Gasteiger partial charge in [0.15, 0.2) is 0 Å². The number of nitrogens with one attached hydrogen (secondary N) is 1. The second-order valence-electron chi connectivity index (χ2n) is 4.14. The van der Waals surface area contributed by atoms with Gasteiger partial charge in [-0.15, -0.1) is 0 Å². The molecule has 1 aromatic carbocycles. The van der Waals surface area contributed by atoms with E-state index in [1.54, 1.807) is 7.11 Å². The highest BCUT2D eigenvalue weighted by molar-refractivity contribution is 5.58. The summed E-state index contributed by atoms with van der Waals surface area (Å²) in [6.07, 6.45) is 1.19. The lowest BCUT2D eigenvalue weighted by Gasteiger charge is -2.29. The number of benzene rings is 1. The molecule has 2 heteroatoms. The van der Waals surface area contributed by atoms with Gasteiger partial charge in [0.05, 0.1) is 7.11 Å². The first-order valence-electron chi connectivity index (χ1n) is 5.15. The Kier molecular flexibility index (Phi) is 2.36. The van der Waals surface area contributed by atoms with Gasteiger partial charge in [0.1, 0.15) is 5.75 Å². The number of methoxy groups -OCH3 is 1. The number of hydrogen-bond acceptors (Lipinski definition) is 2. The van der Waals surface area contributed by atoms with Gasteiger partial charge in [-0.25, -0.2) is 0 Å². The molecular formula is C12H17NO. The van der Waals surface area contributed by atoms with Crippen LogP contribution in [0.5, 0.6) is 5.75 Å². The van der Waals surface area contributed by atoms with Crippen molar-refractivity contribution in [2.24, 2.45) is 0 Å². The molecule has 1 aliphatic rings. The molecule has 0 saturated carbocycles. The molecule has 0 amide bonds. The summed E-state index contributed by atoms with van der Waals surface area (Å²) in [6, 6.07) is 6.83. The van der Waals surface area contributed by atoms with Crippen LogP contribution in [0, 0.1) is 0 Å². The summed E-state index contributed by atoms with van der Waals surface area (Å²) in [7, 11) is 1.71. The lowest BCUT2D eigenvalue weighted by Crippen LogP contribution is -2.24. The predicted molar refractivity (Wildman–Crippen MR) is 59.1 cm³/mol. The summed E-state index contributed by atoms with van der Waals surface area (Å²) in [5.41, 5.74) is 2.64. The second-order valence-corrected chi connectivity index (χ2v) is 4.14. The van der Waals surface area contributed by atoms with Crippen molar-refractivity contribution in [1.82, 2.24) is 0 Å². The number of anilines is 1. The second kappa shape index (κ2) is 3.52. The lowest BCUT2D eigenvalue weighted by molar-refractivity contribution is 0.413. The third-order valence-electron chi connectivity index (χ3n) is 2.90. The zero-order valence-electron chi connectivity index (χ0n) is 9.00. The molecule has 2 rings (SSSR count). The van der Waals surface area contributed by atoms with Crippen LogP contribution in [-0.2, 0) is 0 Å². The van der Waals surface area contributed by atoms with Crippen LogP contribution in [0.3, 0.4) is 0 Å². The Morgan fingerprint density at radius 2 is 2.14 bits per heavy atom. The molecule has 14 heavy (non-hydrogen) atoms. The van der Waals surface area contributed by atoms with E-state index in [0.717, 1.165) is 5.75 Å². The number of ether oxygens (including phenoxy) is 1. The molecule has 0 spiro atoms. The molecule has 1 N–H and O–H groups in total. The Hall–Kier alpha value is -1.18. The Labute approximate surface area is 85.3 Å². The van der Waals surface area contributed by atoms with Gasteiger partial charge in [0.25, 0.3) is 0 Å². The Morgan fingerprint density at radius 1 is 1.36 bits per heavy atom. The molecule has 0 radical (unpaired) electrons. The molecule has 1 aliphatic heterocycles. The summed E-state index contributed by atoms with van der Waals surface area (Å²) in [5, 5.41) is 3.49. The molecule has 1 aromatic rings. The minimum atomic E-state index is 0.575. The Balaban J connectivity index is 2.39. The lowest BCUT2D eigenvalue weighted by atomic mass is 9.89. The van der Waals surface area contributed by atoms with Crippen LogP contribution in [-0.4, -0.2) is 13.2 Å². The molecule has 76 valence electrons. The molecule has 1 heterocycles. The minimum absolute atomic E-state index is 0.575. The normalized spacial score (nSPS) is 25.1.